The number of hydrogen-bond donors (Lipinski definition) is 2. The minimum absolute atomic E-state index is 0.0697. The van der Waals surface area contributed by atoms with Crippen LogP contribution in [0.15, 0.2) is 66.0 Å². The second kappa shape index (κ2) is 9.20. The van der Waals surface area contributed by atoms with Gasteiger partial charge in [0.15, 0.2) is 0 Å². The zero-order chi connectivity index (χ0) is 24.7. The molecule has 0 amide bonds. The largest absolute Gasteiger partial charge is 0.507 e. The van der Waals surface area contributed by atoms with Gasteiger partial charge in [0.1, 0.15) is 11.6 Å². The Morgan fingerprint density at radius 1 is 1.11 bits per heavy atom. The van der Waals surface area contributed by atoms with Crippen LogP contribution in [0.2, 0.25) is 5.02 Å². The van der Waals surface area contributed by atoms with Gasteiger partial charge in [-0.1, -0.05) is 17.7 Å². The van der Waals surface area contributed by atoms with E-state index in [1.54, 1.807) is 50.0 Å². The van der Waals surface area contributed by atoms with Crippen molar-refractivity contribution in [2.75, 3.05) is 24.5 Å². The molecule has 2 N–H and O–H groups in total. The highest BCUT2D eigenvalue weighted by atomic mass is 35.5. The molecule has 1 atom stereocenters. The molecule has 0 bridgehead atoms. The number of aryl methyl sites for hydroxylation is 1. The predicted octanol–water partition coefficient (Wildman–Crippen LogP) is 4.20. The Morgan fingerprint density at radius 3 is 2.57 bits per heavy atom. The summed E-state index contributed by atoms with van der Waals surface area (Å²) < 4.78 is 17.6. The molecule has 2 aromatic carbocycles. The van der Waals surface area contributed by atoms with Gasteiger partial charge in [-0.25, -0.2) is 9.18 Å². The molecule has 0 unspecified atom stereocenters. The molecule has 1 fully saturated rings. The predicted molar refractivity (Wildman–Crippen MR) is 136 cm³/mol. The number of nitrogens with one attached hydrogen (secondary N) is 1. The average Bonchev–Trinajstić information content (AvgIpc) is 3.18. The van der Waals surface area contributed by atoms with Gasteiger partial charge in [0.2, 0.25) is 0 Å². The Balaban J connectivity index is 1.54. The highest BCUT2D eigenvalue weighted by Crippen LogP contribution is 2.40. The van der Waals surface area contributed by atoms with E-state index in [1.807, 2.05) is 6.07 Å². The van der Waals surface area contributed by atoms with E-state index in [2.05, 4.69) is 22.1 Å². The Hall–Kier alpha value is -3.62. The number of nitrogens with zero attached hydrogens (tertiary/aromatic N) is 4. The summed E-state index contributed by atoms with van der Waals surface area (Å²) in [5.74, 6) is -0.562. The van der Waals surface area contributed by atoms with E-state index in [0.717, 1.165) is 25.3 Å². The molecule has 3 heterocycles. The Kier molecular flexibility index (Phi) is 6.08. The first-order valence-corrected chi connectivity index (χ1v) is 11.7. The van der Waals surface area contributed by atoms with E-state index >= 15 is 0 Å². The van der Waals surface area contributed by atoms with E-state index in [9.17, 15) is 14.3 Å². The third kappa shape index (κ3) is 4.42. The average molecular weight is 494 g/mol. The number of halogens is 2. The minimum atomic E-state index is -0.492. The molecule has 0 radical (unpaired) electrons. The van der Waals surface area contributed by atoms with Gasteiger partial charge in [0.25, 0.3) is 0 Å². The number of hydrogen-bond acceptors (Lipinski definition) is 5. The van der Waals surface area contributed by atoms with E-state index in [4.69, 9.17) is 11.6 Å². The van der Waals surface area contributed by atoms with Gasteiger partial charge in [-0.15, -0.1) is 0 Å². The molecular weight excluding hydrogens is 469 g/mol. The van der Waals surface area contributed by atoms with Crippen molar-refractivity contribution in [3.63, 3.8) is 0 Å². The zero-order valence-corrected chi connectivity index (χ0v) is 20.1. The lowest BCUT2D eigenvalue weighted by Gasteiger charge is -2.33. The summed E-state index contributed by atoms with van der Waals surface area (Å²) >= 11 is 6.50. The highest BCUT2D eigenvalue weighted by Gasteiger charge is 2.19. The number of piperazine rings is 1. The van der Waals surface area contributed by atoms with E-state index in [-0.39, 0.29) is 11.4 Å². The molecule has 0 spiro atoms. The van der Waals surface area contributed by atoms with Crippen LogP contribution in [-0.2, 0) is 7.05 Å². The fourth-order valence-corrected chi connectivity index (χ4v) is 4.74. The smallest absolute Gasteiger partial charge is 0.332 e. The van der Waals surface area contributed by atoms with Crippen molar-refractivity contribution >= 4 is 17.3 Å². The molecule has 1 aliphatic heterocycles. The molecule has 4 aromatic rings. The summed E-state index contributed by atoms with van der Waals surface area (Å²) in [6, 6.07) is 9.84. The molecule has 1 saturated heterocycles. The lowest BCUT2D eigenvalue weighted by molar-refractivity contribution is 0.477. The normalized spacial score (nSPS) is 16.0. The third-order valence-electron chi connectivity index (χ3n) is 6.31. The first-order chi connectivity index (χ1) is 16.8. The standard InChI is InChI=1S/C26H25ClFN5O2/c1-16-15-32(6-5-30-16)20-9-18(13-29-14-20)22-12-19(28)11-21(25(22)34)17-3-4-24(23(27)10-17)33-8-7-31(2)26(33)35/h3-4,7-14,16,30,34H,5-6,15H2,1-2H3/t16-/m1/s1. The number of rotatable bonds is 4. The minimum Gasteiger partial charge on any atom is -0.507 e. The number of imidazole rings is 1. The number of anilines is 1. The van der Waals surface area contributed by atoms with Crippen molar-refractivity contribution in [1.29, 1.82) is 0 Å². The van der Waals surface area contributed by atoms with Gasteiger partial charge in [-0.05, 0) is 42.8 Å². The highest BCUT2D eigenvalue weighted by molar-refractivity contribution is 6.32. The summed E-state index contributed by atoms with van der Waals surface area (Å²) in [5.41, 5.74) is 2.97. The van der Waals surface area contributed by atoms with Crippen molar-refractivity contribution in [2.45, 2.75) is 13.0 Å². The molecule has 180 valence electrons. The number of aromatic nitrogens is 3. The SMILES string of the molecule is C[C@@H]1CN(c2cncc(-c3cc(F)cc(-c4ccc(-n5ccn(C)c5=O)c(Cl)c4)c3O)c2)CCN1. The van der Waals surface area contributed by atoms with Crippen molar-refractivity contribution in [2.24, 2.45) is 7.05 Å². The van der Waals surface area contributed by atoms with Crippen LogP contribution < -0.4 is 15.9 Å². The molecule has 2 aromatic heterocycles. The van der Waals surface area contributed by atoms with Gasteiger partial charge in [0.05, 0.1) is 22.6 Å². The van der Waals surface area contributed by atoms with Gasteiger partial charge < -0.3 is 19.9 Å². The zero-order valence-electron chi connectivity index (χ0n) is 19.4. The van der Waals surface area contributed by atoms with Crippen molar-refractivity contribution < 1.29 is 9.50 Å². The van der Waals surface area contributed by atoms with Gasteiger partial charge >= 0.3 is 5.69 Å². The fourth-order valence-electron chi connectivity index (χ4n) is 4.47. The Bertz CT molecular complexity index is 1460. The maximum Gasteiger partial charge on any atom is 0.332 e. The van der Waals surface area contributed by atoms with E-state index in [1.165, 1.54) is 21.3 Å². The van der Waals surface area contributed by atoms with Crippen LogP contribution in [0.3, 0.4) is 0 Å². The Labute approximate surface area is 207 Å². The van der Waals surface area contributed by atoms with Crippen molar-refractivity contribution in [3.05, 3.63) is 82.5 Å². The van der Waals surface area contributed by atoms with Gasteiger partial charge in [-0.3, -0.25) is 9.55 Å². The fraction of sp³-hybridized carbons (Fsp3) is 0.231. The topological polar surface area (TPSA) is 75.3 Å². The molecule has 35 heavy (non-hydrogen) atoms. The van der Waals surface area contributed by atoms with Crippen LogP contribution in [-0.4, -0.2) is 44.9 Å². The summed E-state index contributed by atoms with van der Waals surface area (Å²) in [7, 11) is 1.65. The van der Waals surface area contributed by atoms with Crippen LogP contribution >= 0.6 is 11.6 Å². The third-order valence-corrected chi connectivity index (χ3v) is 6.61. The van der Waals surface area contributed by atoms with Crippen LogP contribution in [0, 0.1) is 5.82 Å². The van der Waals surface area contributed by atoms with Crippen LogP contribution in [0.1, 0.15) is 6.92 Å². The molecule has 1 aliphatic rings. The monoisotopic (exact) mass is 493 g/mol. The first kappa shape index (κ1) is 23.1. The number of benzene rings is 2. The number of aromatic hydroxyl groups is 1. The summed E-state index contributed by atoms with van der Waals surface area (Å²) in [6.07, 6.45) is 6.66. The molecule has 0 aliphatic carbocycles. The van der Waals surface area contributed by atoms with Gasteiger partial charge in [0, 0.05) is 68.0 Å². The van der Waals surface area contributed by atoms with E-state index in [0.29, 0.717) is 39.0 Å². The summed E-state index contributed by atoms with van der Waals surface area (Å²) in [4.78, 5) is 18.9. The molecule has 0 saturated carbocycles. The van der Waals surface area contributed by atoms with Crippen LogP contribution in [0.5, 0.6) is 5.75 Å². The Morgan fingerprint density at radius 2 is 1.89 bits per heavy atom. The molecule has 9 heteroatoms. The molecule has 5 rings (SSSR count). The number of phenols is 1. The number of phenolic OH excluding ortho intramolecular Hbond substituents is 1. The second-order valence-corrected chi connectivity index (χ2v) is 9.22. The summed E-state index contributed by atoms with van der Waals surface area (Å²) in [5, 5.41) is 14.9. The lowest BCUT2D eigenvalue weighted by Crippen LogP contribution is -2.49. The maximum absolute atomic E-state index is 14.8. The van der Waals surface area contributed by atoms with Gasteiger partial charge in [-0.2, -0.15) is 0 Å². The quantitative estimate of drug-likeness (QED) is 0.445. The maximum atomic E-state index is 14.8. The molecular formula is C26H25ClFN5O2. The summed E-state index contributed by atoms with van der Waals surface area (Å²) in [6.45, 7) is 4.66. The van der Waals surface area contributed by atoms with Crippen LogP contribution in [0.4, 0.5) is 10.1 Å². The van der Waals surface area contributed by atoms with Crippen molar-refractivity contribution in [3.8, 4) is 33.7 Å². The van der Waals surface area contributed by atoms with Crippen molar-refractivity contribution in [1.82, 2.24) is 19.4 Å². The van der Waals surface area contributed by atoms with Crippen LogP contribution in [0.25, 0.3) is 27.9 Å². The first-order valence-electron chi connectivity index (χ1n) is 11.3. The number of pyridine rings is 1. The lowest BCUT2D eigenvalue weighted by atomic mass is 9.97. The molecule has 7 nitrogen and oxygen atoms in total. The van der Waals surface area contributed by atoms with E-state index < -0.39 is 5.82 Å². The second-order valence-electron chi connectivity index (χ2n) is 8.81.